The molecule has 2 N–H and O–H groups in total. The highest BCUT2D eigenvalue weighted by atomic mass is 14.6. The highest BCUT2D eigenvalue weighted by molar-refractivity contribution is 5.53. The molecule has 0 amide bonds. The molecule has 2 rings (SSSR count). The van der Waals surface area contributed by atoms with Crippen molar-refractivity contribution >= 4 is 5.69 Å². The molecule has 0 bridgehead atoms. The fourth-order valence-corrected chi connectivity index (χ4v) is 2.53. The molecule has 2 heteroatoms. The van der Waals surface area contributed by atoms with Crippen molar-refractivity contribution in [2.45, 2.75) is 37.5 Å². The molecule has 78 valence electrons. The van der Waals surface area contributed by atoms with Crippen molar-refractivity contribution < 1.29 is 0 Å². The van der Waals surface area contributed by atoms with Crippen LogP contribution in [-0.4, -0.2) is 0 Å². The summed E-state index contributed by atoms with van der Waals surface area (Å²) in [6, 6.07) is 10.3. The van der Waals surface area contributed by atoms with E-state index in [1.165, 1.54) is 6.42 Å². The van der Waals surface area contributed by atoms with Crippen molar-refractivity contribution in [3.63, 3.8) is 0 Å². The Morgan fingerprint density at radius 2 is 1.80 bits per heavy atom. The number of anilines is 1. The first-order valence-electron chi connectivity index (χ1n) is 5.55. The molecule has 0 aliphatic heterocycles. The minimum absolute atomic E-state index is 0.316. The summed E-state index contributed by atoms with van der Waals surface area (Å²) in [4.78, 5) is 0. The maximum absolute atomic E-state index is 9.41. The van der Waals surface area contributed by atoms with E-state index in [1.807, 2.05) is 24.3 Å². The molecule has 0 aromatic heterocycles. The molecule has 1 aromatic rings. The molecule has 0 radical (unpaired) electrons. The Bertz CT molecular complexity index is 384. The van der Waals surface area contributed by atoms with E-state index in [4.69, 9.17) is 5.73 Å². The zero-order chi connectivity index (χ0) is 10.7. The number of hydrogen-bond donors (Lipinski definition) is 1. The van der Waals surface area contributed by atoms with Crippen molar-refractivity contribution in [3.8, 4) is 6.07 Å². The first-order valence-corrected chi connectivity index (χ1v) is 5.55. The van der Waals surface area contributed by atoms with Gasteiger partial charge in [0, 0.05) is 5.69 Å². The monoisotopic (exact) mass is 200 g/mol. The third-order valence-electron chi connectivity index (χ3n) is 3.40. The van der Waals surface area contributed by atoms with E-state index in [-0.39, 0.29) is 5.41 Å². The SMILES string of the molecule is N#CC1(c2ccccc2N)CCCCC1. The van der Waals surface area contributed by atoms with E-state index < -0.39 is 0 Å². The summed E-state index contributed by atoms with van der Waals surface area (Å²) >= 11 is 0. The summed E-state index contributed by atoms with van der Waals surface area (Å²) in [5.74, 6) is 0. The summed E-state index contributed by atoms with van der Waals surface area (Å²) in [7, 11) is 0. The molecule has 1 aliphatic carbocycles. The van der Waals surface area contributed by atoms with Crippen LogP contribution in [0.3, 0.4) is 0 Å². The predicted molar refractivity (Wildman–Crippen MR) is 61.2 cm³/mol. The van der Waals surface area contributed by atoms with E-state index in [2.05, 4.69) is 6.07 Å². The van der Waals surface area contributed by atoms with E-state index in [1.54, 1.807) is 0 Å². The average Bonchev–Trinajstić information content (AvgIpc) is 2.30. The molecule has 0 heterocycles. The molecule has 2 nitrogen and oxygen atoms in total. The van der Waals surface area contributed by atoms with Gasteiger partial charge in [-0.1, -0.05) is 37.5 Å². The van der Waals surface area contributed by atoms with Crippen LogP contribution in [-0.2, 0) is 5.41 Å². The second kappa shape index (κ2) is 3.94. The van der Waals surface area contributed by atoms with Gasteiger partial charge in [-0.3, -0.25) is 0 Å². The maximum Gasteiger partial charge on any atom is 0.0842 e. The molecule has 15 heavy (non-hydrogen) atoms. The summed E-state index contributed by atoms with van der Waals surface area (Å²) in [6.45, 7) is 0. The summed E-state index contributed by atoms with van der Waals surface area (Å²) in [6.07, 6.45) is 5.44. The van der Waals surface area contributed by atoms with Gasteiger partial charge in [0.25, 0.3) is 0 Å². The molecule has 1 saturated carbocycles. The van der Waals surface area contributed by atoms with Gasteiger partial charge in [-0.15, -0.1) is 0 Å². The molecular weight excluding hydrogens is 184 g/mol. The summed E-state index contributed by atoms with van der Waals surface area (Å²) < 4.78 is 0. The van der Waals surface area contributed by atoms with Crippen LogP contribution in [0.25, 0.3) is 0 Å². The van der Waals surface area contributed by atoms with Gasteiger partial charge in [-0.05, 0) is 24.5 Å². The van der Waals surface area contributed by atoms with Gasteiger partial charge in [-0.25, -0.2) is 0 Å². The number of rotatable bonds is 1. The Morgan fingerprint density at radius 1 is 1.13 bits per heavy atom. The van der Waals surface area contributed by atoms with Crippen LogP contribution >= 0.6 is 0 Å². The van der Waals surface area contributed by atoms with Crippen LogP contribution in [0.4, 0.5) is 5.69 Å². The number of nitrogens with zero attached hydrogens (tertiary/aromatic N) is 1. The lowest BCUT2D eigenvalue weighted by atomic mass is 9.70. The third kappa shape index (κ3) is 1.70. The fourth-order valence-electron chi connectivity index (χ4n) is 2.53. The molecular formula is C13H16N2. The Hall–Kier alpha value is -1.49. The minimum atomic E-state index is -0.316. The fraction of sp³-hybridized carbons (Fsp3) is 0.462. The van der Waals surface area contributed by atoms with Crippen LogP contribution in [0.5, 0.6) is 0 Å². The van der Waals surface area contributed by atoms with Crippen molar-refractivity contribution in [1.82, 2.24) is 0 Å². The Morgan fingerprint density at radius 3 is 2.40 bits per heavy atom. The number of nitriles is 1. The van der Waals surface area contributed by atoms with Gasteiger partial charge in [0.1, 0.15) is 0 Å². The Labute approximate surface area is 90.7 Å². The predicted octanol–water partition coefficient (Wildman–Crippen LogP) is 2.99. The lowest BCUT2D eigenvalue weighted by molar-refractivity contribution is 0.367. The minimum Gasteiger partial charge on any atom is -0.398 e. The molecule has 0 unspecified atom stereocenters. The van der Waals surface area contributed by atoms with E-state index in [0.29, 0.717) is 0 Å². The number of nitrogen functional groups attached to an aromatic ring is 1. The largest absolute Gasteiger partial charge is 0.398 e. The van der Waals surface area contributed by atoms with Crippen LogP contribution in [0.2, 0.25) is 0 Å². The normalized spacial score (nSPS) is 19.4. The lowest BCUT2D eigenvalue weighted by Crippen LogP contribution is -2.28. The van der Waals surface area contributed by atoms with Crippen LogP contribution in [0.1, 0.15) is 37.7 Å². The van der Waals surface area contributed by atoms with Crippen molar-refractivity contribution in [3.05, 3.63) is 29.8 Å². The van der Waals surface area contributed by atoms with E-state index in [0.717, 1.165) is 36.9 Å². The zero-order valence-electron chi connectivity index (χ0n) is 8.87. The van der Waals surface area contributed by atoms with Gasteiger partial charge in [0.05, 0.1) is 11.5 Å². The maximum atomic E-state index is 9.41. The molecule has 1 aliphatic rings. The molecule has 0 spiro atoms. The van der Waals surface area contributed by atoms with E-state index in [9.17, 15) is 5.26 Å². The van der Waals surface area contributed by atoms with E-state index >= 15 is 0 Å². The van der Waals surface area contributed by atoms with Crippen molar-refractivity contribution in [2.75, 3.05) is 5.73 Å². The number of para-hydroxylation sites is 1. The second-order valence-corrected chi connectivity index (χ2v) is 4.34. The standard InChI is InChI=1S/C13H16N2/c14-10-13(8-4-1-5-9-13)11-6-2-3-7-12(11)15/h2-3,6-7H,1,4-5,8-9,15H2. The van der Waals surface area contributed by atoms with Gasteiger partial charge in [0.2, 0.25) is 0 Å². The van der Waals surface area contributed by atoms with Gasteiger partial charge in [-0.2, -0.15) is 5.26 Å². The summed E-state index contributed by atoms with van der Waals surface area (Å²) in [5.41, 5.74) is 7.44. The van der Waals surface area contributed by atoms with Crippen LogP contribution < -0.4 is 5.73 Å². The second-order valence-electron chi connectivity index (χ2n) is 4.34. The molecule has 0 saturated heterocycles. The van der Waals surface area contributed by atoms with Crippen LogP contribution in [0.15, 0.2) is 24.3 Å². The number of hydrogen-bond acceptors (Lipinski definition) is 2. The van der Waals surface area contributed by atoms with Gasteiger partial charge >= 0.3 is 0 Å². The third-order valence-corrected chi connectivity index (χ3v) is 3.40. The van der Waals surface area contributed by atoms with Crippen LogP contribution in [0, 0.1) is 11.3 Å². The first-order chi connectivity index (χ1) is 7.28. The number of nitrogens with two attached hydrogens (primary N) is 1. The summed E-state index contributed by atoms with van der Waals surface area (Å²) in [5, 5.41) is 9.41. The topological polar surface area (TPSA) is 49.8 Å². The van der Waals surface area contributed by atoms with Gasteiger partial charge < -0.3 is 5.73 Å². The lowest BCUT2D eigenvalue weighted by Gasteiger charge is -2.31. The quantitative estimate of drug-likeness (QED) is 0.708. The molecule has 1 aromatic carbocycles. The number of benzene rings is 1. The molecule has 0 atom stereocenters. The highest BCUT2D eigenvalue weighted by Crippen LogP contribution is 2.40. The Balaban J connectivity index is 2.42. The zero-order valence-corrected chi connectivity index (χ0v) is 8.87. The van der Waals surface area contributed by atoms with Crippen molar-refractivity contribution in [1.29, 1.82) is 5.26 Å². The highest BCUT2D eigenvalue weighted by Gasteiger charge is 2.35. The Kier molecular flexibility index (Phi) is 2.64. The van der Waals surface area contributed by atoms with Gasteiger partial charge in [0.15, 0.2) is 0 Å². The molecule has 1 fully saturated rings. The average molecular weight is 200 g/mol. The first kappa shape index (κ1) is 10.0. The van der Waals surface area contributed by atoms with Crippen molar-refractivity contribution in [2.24, 2.45) is 0 Å². The smallest absolute Gasteiger partial charge is 0.0842 e.